The van der Waals surface area contributed by atoms with Gasteiger partial charge < -0.3 is 5.43 Å². The van der Waals surface area contributed by atoms with Crippen LogP contribution in [0.5, 0.6) is 0 Å². The Morgan fingerprint density at radius 3 is 2.91 bits per heavy atom. The van der Waals surface area contributed by atoms with E-state index in [0.29, 0.717) is 0 Å². The molecule has 0 aromatic carbocycles. The van der Waals surface area contributed by atoms with Crippen molar-refractivity contribution < 1.29 is 0 Å². The van der Waals surface area contributed by atoms with Crippen LogP contribution in [0.3, 0.4) is 0 Å². The van der Waals surface area contributed by atoms with Crippen LogP contribution in [0, 0.1) is 0 Å². The molecular formula is C9H16N2. The van der Waals surface area contributed by atoms with Gasteiger partial charge in [0.05, 0.1) is 0 Å². The highest BCUT2D eigenvalue weighted by Crippen LogP contribution is 1.86. The van der Waals surface area contributed by atoms with Gasteiger partial charge in [-0.25, -0.2) is 0 Å². The van der Waals surface area contributed by atoms with Gasteiger partial charge in [0.15, 0.2) is 0 Å². The van der Waals surface area contributed by atoms with Crippen molar-refractivity contribution in [3.8, 4) is 0 Å². The van der Waals surface area contributed by atoms with Crippen LogP contribution in [0.1, 0.15) is 20.3 Å². The second kappa shape index (κ2) is 7.06. The summed E-state index contributed by atoms with van der Waals surface area (Å²) >= 11 is 0. The second-order valence-electron chi connectivity index (χ2n) is 2.31. The minimum absolute atomic E-state index is 0.928. The lowest BCUT2D eigenvalue weighted by atomic mass is 10.3. The number of rotatable bonds is 5. The van der Waals surface area contributed by atoms with Crippen molar-refractivity contribution in [2.45, 2.75) is 20.3 Å². The Hall–Kier alpha value is -1.05. The number of hydrazone groups is 1. The van der Waals surface area contributed by atoms with E-state index in [1.54, 1.807) is 12.3 Å². The number of nitrogens with one attached hydrogen (secondary N) is 1. The van der Waals surface area contributed by atoms with E-state index in [1.807, 2.05) is 13.0 Å². The van der Waals surface area contributed by atoms with Gasteiger partial charge in [0, 0.05) is 12.8 Å². The van der Waals surface area contributed by atoms with Crippen LogP contribution < -0.4 is 5.43 Å². The van der Waals surface area contributed by atoms with Crippen LogP contribution in [0.2, 0.25) is 0 Å². The Balaban J connectivity index is 3.56. The van der Waals surface area contributed by atoms with Gasteiger partial charge in [0.25, 0.3) is 0 Å². The number of hydrogen-bond acceptors (Lipinski definition) is 2. The number of nitrogens with zero attached hydrogens (tertiary/aromatic N) is 1. The summed E-state index contributed by atoms with van der Waals surface area (Å²) in [6.45, 7) is 8.61. The summed E-state index contributed by atoms with van der Waals surface area (Å²) in [4.78, 5) is 0. The minimum Gasteiger partial charge on any atom is -0.310 e. The molecular weight excluding hydrogens is 136 g/mol. The first-order chi connectivity index (χ1) is 5.31. The lowest BCUT2D eigenvalue weighted by Gasteiger charge is -1.93. The van der Waals surface area contributed by atoms with Crippen LogP contribution in [0.4, 0.5) is 0 Å². The average molecular weight is 152 g/mol. The third-order valence-electron chi connectivity index (χ3n) is 1.10. The summed E-state index contributed by atoms with van der Waals surface area (Å²) in [6.07, 6.45) is 6.55. The summed E-state index contributed by atoms with van der Waals surface area (Å²) in [7, 11) is 0. The van der Waals surface area contributed by atoms with Crippen molar-refractivity contribution >= 4 is 6.21 Å². The number of allylic oxidation sites excluding steroid dienone is 3. The van der Waals surface area contributed by atoms with Crippen molar-refractivity contribution in [2.75, 3.05) is 6.54 Å². The summed E-state index contributed by atoms with van der Waals surface area (Å²) in [5, 5.41) is 3.99. The van der Waals surface area contributed by atoms with Crippen molar-refractivity contribution in [1.82, 2.24) is 5.43 Å². The maximum absolute atomic E-state index is 3.99. The Morgan fingerprint density at radius 1 is 1.64 bits per heavy atom. The molecule has 2 heteroatoms. The minimum atomic E-state index is 0.928. The summed E-state index contributed by atoms with van der Waals surface area (Å²) in [5.41, 5.74) is 4.02. The highest BCUT2D eigenvalue weighted by Gasteiger charge is 1.78. The molecule has 1 N–H and O–H groups in total. The van der Waals surface area contributed by atoms with E-state index < -0.39 is 0 Å². The van der Waals surface area contributed by atoms with Gasteiger partial charge >= 0.3 is 0 Å². The molecule has 0 aromatic rings. The molecule has 0 unspecified atom stereocenters. The Bertz CT molecular complexity index is 157. The zero-order chi connectivity index (χ0) is 8.53. The molecule has 0 saturated heterocycles. The summed E-state index contributed by atoms with van der Waals surface area (Å²) in [6, 6.07) is 0. The molecule has 0 aliphatic heterocycles. The summed E-state index contributed by atoms with van der Waals surface area (Å²) in [5.74, 6) is 0. The molecule has 0 atom stereocenters. The SMILES string of the molecule is C=C/C=C(C)\C=N/NCCC. The zero-order valence-corrected chi connectivity index (χ0v) is 7.30. The Morgan fingerprint density at radius 2 is 2.36 bits per heavy atom. The maximum atomic E-state index is 3.99. The first-order valence-electron chi connectivity index (χ1n) is 3.86. The van der Waals surface area contributed by atoms with Crippen LogP contribution in [0.25, 0.3) is 0 Å². The number of hydrogen-bond donors (Lipinski definition) is 1. The van der Waals surface area contributed by atoms with Gasteiger partial charge in [-0.2, -0.15) is 5.10 Å². The van der Waals surface area contributed by atoms with Gasteiger partial charge in [0.1, 0.15) is 0 Å². The smallest absolute Gasteiger partial charge is 0.0497 e. The molecule has 0 aromatic heterocycles. The second-order valence-corrected chi connectivity index (χ2v) is 2.31. The van der Waals surface area contributed by atoms with Crippen molar-refractivity contribution in [1.29, 1.82) is 0 Å². The molecule has 0 amide bonds. The molecule has 2 nitrogen and oxygen atoms in total. The van der Waals surface area contributed by atoms with E-state index in [1.165, 1.54) is 0 Å². The van der Waals surface area contributed by atoms with Gasteiger partial charge in [-0.15, -0.1) is 0 Å². The van der Waals surface area contributed by atoms with Crippen molar-refractivity contribution in [2.24, 2.45) is 5.10 Å². The molecule has 0 fully saturated rings. The van der Waals surface area contributed by atoms with E-state index in [9.17, 15) is 0 Å². The highest BCUT2D eigenvalue weighted by atomic mass is 15.3. The molecule has 0 heterocycles. The fraction of sp³-hybridized carbons (Fsp3) is 0.444. The molecule has 0 rings (SSSR count). The molecule has 0 radical (unpaired) electrons. The monoisotopic (exact) mass is 152 g/mol. The molecule has 62 valence electrons. The van der Waals surface area contributed by atoms with Crippen molar-refractivity contribution in [3.05, 3.63) is 24.3 Å². The molecule has 0 spiro atoms. The lowest BCUT2D eigenvalue weighted by molar-refractivity contribution is 0.719. The highest BCUT2D eigenvalue weighted by molar-refractivity contribution is 5.77. The third-order valence-corrected chi connectivity index (χ3v) is 1.10. The topological polar surface area (TPSA) is 24.4 Å². The van der Waals surface area contributed by atoms with Crippen LogP contribution in [0.15, 0.2) is 29.4 Å². The third kappa shape index (κ3) is 6.84. The van der Waals surface area contributed by atoms with E-state index in [2.05, 4.69) is 24.0 Å². The lowest BCUT2D eigenvalue weighted by Crippen LogP contribution is -2.05. The quantitative estimate of drug-likeness (QED) is 0.277. The van der Waals surface area contributed by atoms with Gasteiger partial charge in [0.2, 0.25) is 0 Å². The van der Waals surface area contributed by atoms with Crippen LogP contribution in [-0.4, -0.2) is 12.8 Å². The molecule has 11 heavy (non-hydrogen) atoms. The Kier molecular flexibility index (Phi) is 6.39. The molecule has 0 bridgehead atoms. The fourth-order valence-electron chi connectivity index (χ4n) is 0.553. The molecule has 0 saturated carbocycles. The van der Waals surface area contributed by atoms with Crippen molar-refractivity contribution in [3.63, 3.8) is 0 Å². The molecule has 0 aliphatic carbocycles. The normalized spacial score (nSPS) is 12.0. The summed E-state index contributed by atoms with van der Waals surface area (Å²) < 4.78 is 0. The van der Waals surface area contributed by atoms with E-state index in [-0.39, 0.29) is 0 Å². The van der Waals surface area contributed by atoms with Gasteiger partial charge in [-0.3, -0.25) is 0 Å². The maximum Gasteiger partial charge on any atom is 0.0497 e. The Labute approximate surface area is 68.7 Å². The molecule has 0 aliphatic rings. The van der Waals surface area contributed by atoms with Crippen LogP contribution >= 0.6 is 0 Å². The van der Waals surface area contributed by atoms with E-state index in [4.69, 9.17) is 0 Å². The van der Waals surface area contributed by atoms with Gasteiger partial charge in [-0.05, 0) is 18.9 Å². The predicted octanol–water partition coefficient (Wildman–Crippen LogP) is 2.10. The fourth-order valence-corrected chi connectivity index (χ4v) is 0.553. The first-order valence-corrected chi connectivity index (χ1v) is 3.86. The van der Waals surface area contributed by atoms with Gasteiger partial charge in [-0.1, -0.05) is 25.7 Å². The zero-order valence-electron chi connectivity index (χ0n) is 7.30. The van der Waals surface area contributed by atoms with E-state index in [0.717, 1.165) is 18.5 Å². The van der Waals surface area contributed by atoms with E-state index >= 15 is 0 Å². The largest absolute Gasteiger partial charge is 0.310 e. The predicted molar refractivity (Wildman–Crippen MR) is 50.7 cm³/mol. The average Bonchev–Trinajstić information content (AvgIpc) is 1.99. The first kappa shape index (κ1) is 9.95. The van der Waals surface area contributed by atoms with Crippen LogP contribution in [-0.2, 0) is 0 Å². The standard InChI is InChI=1S/C9H16N2/c1-4-6-9(3)8-11-10-7-5-2/h4,6,8,10H,1,5,7H2,2-3H3/b9-6-,11-8-.